The van der Waals surface area contributed by atoms with E-state index in [1.54, 1.807) is 62.6 Å². The van der Waals surface area contributed by atoms with Crippen LogP contribution >= 0.6 is 0 Å². The number of carbonyl (C=O) groups is 2. The fourth-order valence-electron chi connectivity index (χ4n) is 3.96. The summed E-state index contributed by atoms with van der Waals surface area (Å²) in [5, 5.41) is 0. The summed E-state index contributed by atoms with van der Waals surface area (Å²) in [5.41, 5.74) is 3.32. The molecule has 1 unspecified atom stereocenters. The second-order valence-corrected chi connectivity index (χ2v) is 7.69. The normalized spacial score (nSPS) is 15.7. The average molecular weight is 428 g/mol. The number of anilines is 1. The Labute approximate surface area is 182 Å². The van der Waals surface area contributed by atoms with Gasteiger partial charge in [-0.2, -0.15) is 0 Å². The molecule has 0 aliphatic carbocycles. The van der Waals surface area contributed by atoms with Gasteiger partial charge in [-0.15, -0.1) is 0 Å². The molecule has 0 radical (unpaired) electrons. The molecule has 0 spiro atoms. The van der Waals surface area contributed by atoms with Crippen molar-refractivity contribution in [2.75, 3.05) is 39.8 Å². The third-order valence-corrected chi connectivity index (χ3v) is 5.67. The SMILES string of the molecule is COc1ccc(N2CC(C(=O)N(C)Cc3ncc(C)c(OC)c3C)CC2=O)cc1OC. The molecule has 166 valence electrons. The van der Waals surface area contributed by atoms with E-state index in [0.29, 0.717) is 30.3 Å². The highest BCUT2D eigenvalue weighted by atomic mass is 16.5. The Hall–Kier alpha value is -3.29. The molecule has 1 aliphatic heterocycles. The average Bonchev–Trinajstić information content (AvgIpc) is 3.16. The van der Waals surface area contributed by atoms with Gasteiger partial charge in [-0.1, -0.05) is 0 Å². The van der Waals surface area contributed by atoms with Crippen molar-refractivity contribution in [1.82, 2.24) is 9.88 Å². The van der Waals surface area contributed by atoms with Crippen LogP contribution in [-0.2, 0) is 16.1 Å². The van der Waals surface area contributed by atoms with Crippen LogP contribution in [0.25, 0.3) is 0 Å². The summed E-state index contributed by atoms with van der Waals surface area (Å²) >= 11 is 0. The predicted octanol–water partition coefficient (Wildman–Crippen LogP) is 2.74. The first-order chi connectivity index (χ1) is 14.8. The first kappa shape index (κ1) is 22.4. The molecule has 1 fully saturated rings. The molecule has 3 rings (SSSR count). The van der Waals surface area contributed by atoms with E-state index in [0.717, 1.165) is 22.6 Å². The number of benzene rings is 1. The first-order valence-electron chi connectivity index (χ1n) is 10.1. The maximum atomic E-state index is 13.1. The second kappa shape index (κ2) is 9.24. The van der Waals surface area contributed by atoms with Gasteiger partial charge < -0.3 is 24.0 Å². The third-order valence-electron chi connectivity index (χ3n) is 5.67. The molecule has 1 aromatic carbocycles. The fourth-order valence-corrected chi connectivity index (χ4v) is 3.96. The van der Waals surface area contributed by atoms with Gasteiger partial charge in [0.1, 0.15) is 5.75 Å². The monoisotopic (exact) mass is 427 g/mol. The molecule has 8 heteroatoms. The van der Waals surface area contributed by atoms with Crippen LogP contribution in [0, 0.1) is 19.8 Å². The molecule has 1 aliphatic rings. The number of amides is 2. The lowest BCUT2D eigenvalue weighted by Crippen LogP contribution is -2.34. The maximum absolute atomic E-state index is 13.1. The Morgan fingerprint density at radius 2 is 1.87 bits per heavy atom. The number of pyridine rings is 1. The number of rotatable bonds is 7. The number of hydrogen-bond acceptors (Lipinski definition) is 6. The summed E-state index contributed by atoms with van der Waals surface area (Å²) < 4.78 is 16.0. The molecule has 1 atom stereocenters. The topological polar surface area (TPSA) is 81.2 Å². The minimum atomic E-state index is -0.418. The van der Waals surface area contributed by atoms with E-state index in [-0.39, 0.29) is 18.2 Å². The molecule has 2 amide bonds. The lowest BCUT2D eigenvalue weighted by atomic mass is 10.1. The Morgan fingerprint density at radius 1 is 1.16 bits per heavy atom. The van der Waals surface area contributed by atoms with Crippen LogP contribution in [0.2, 0.25) is 0 Å². The van der Waals surface area contributed by atoms with Gasteiger partial charge in [-0.25, -0.2) is 0 Å². The Balaban J connectivity index is 1.73. The summed E-state index contributed by atoms with van der Waals surface area (Å²) in [5.74, 6) is 1.30. The predicted molar refractivity (Wildman–Crippen MR) is 117 cm³/mol. The Morgan fingerprint density at radius 3 is 2.52 bits per heavy atom. The number of hydrogen-bond donors (Lipinski definition) is 0. The smallest absolute Gasteiger partial charge is 0.228 e. The largest absolute Gasteiger partial charge is 0.496 e. The molecular formula is C23H29N3O5. The molecular weight excluding hydrogens is 398 g/mol. The van der Waals surface area contributed by atoms with Crippen molar-refractivity contribution in [2.24, 2.45) is 5.92 Å². The van der Waals surface area contributed by atoms with Gasteiger partial charge in [-0.3, -0.25) is 14.6 Å². The van der Waals surface area contributed by atoms with Gasteiger partial charge in [0, 0.05) is 49.1 Å². The lowest BCUT2D eigenvalue weighted by molar-refractivity contribution is -0.135. The van der Waals surface area contributed by atoms with Crippen molar-refractivity contribution in [2.45, 2.75) is 26.8 Å². The van der Waals surface area contributed by atoms with E-state index in [9.17, 15) is 9.59 Å². The zero-order valence-electron chi connectivity index (χ0n) is 18.9. The number of aryl methyl sites for hydroxylation is 1. The molecule has 31 heavy (non-hydrogen) atoms. The summed E-state index contributed by atoms with van der Waals surface area (Å²) in [6.07, 6.45) is 1.92. The minimum Gasteiger partial charge on any atom is -0.496 e. The maximum Gasteiger partial charge on any atom is 0.228 e. The molecule has 0 bridgehead atoms. The van der Waals surface area contributed by atoms with Crippen molar-refractivity contribution >= 4 is 17.5 Å². The van der Waals surface area contributed by atoms with E-state index < -0.39 is 5.92 Å². The number of methoxy groups -OCH3 is 3. The number of aromatic nitrogens is 1. The van der Waals surface area contributed by atoms with Gasteiger partial charge in [0.05, 0.1) is 39.5 Å². The summed E-state index contributed by atoms with van der Waals surface area (Å²) in [6, 6.07) is 5.29. The van der Waals surface area contributed by atoms with Crippen molar-refractivity contribution in [1.29, 1.82) is 0 Å². The van der Waals surface area contributed by atoms with E-state index >= 15 is 0 Å². The molecule has 0 saturated carbocycles. The van der Waals surface area contributed by atoms with Gasteiger partial charge >= 0.3 is 0 Å². The van der Waals surface area contributed by atoms with Gasteiger partial charge in [0.15, 0.2) is 11.5 Å². The standard InChI is InChI=1S/C23H29N3O5/c1-14-11-24-18(15(2)22(14)31-6)13-25(3)23(28)16-9-21(27)26(12-16)17-7-8-19(29-4)20(10-17)30-5/h7-8,10-11,16H,9,12-13H2,1-6H3. The van der Waals surface area contributed by atoms with Crippen LogP contribution in [0.15, 0.2) is 24.4 Å². The zero-order valence-corrected chi connectivity index (χ0v) is 18.9. The summed E-state index contributed by atoms with van der Waals surface area (Å²) in [6.45, 7) is 4.54. The lowest BCUT2D eigenvalue weighted by Gasteiger charge is -2.23. The molecule has 8 nitrogen and oxygen atoms in total. The van der Waals surface area contributed by atoms with E-state index in [2.05, 4.69) is 4.98 Å². The molecule has 0 N–H and O–H groups in total. The highest BCUT2D eigenvalue weighted by molar-refractivity contribution is 6.00. The van der Waals surface area contributed by atoms with Crippen molar-refractivity contribution in [3.8, 4) is 17.2 Å². The van der Waals surface area contributed by atoms with Gasteiger partial charge in [-0.05, 0) is 26.0 Å². The van der Waals surface area contributed by atoms with Gasteiger partial charge in [0.25, 0.3) is 0 Å². The highest BCUT2D eigenvalue weighted by Gasteiger charge is 2.37. The van der Waals surface area contributed by atoms with Crippen molar-refractivity contribution in [3.63, 3.8) is 0 Å². The Bertz CT molecular complexity index is 991. The van der Waals surface area contributed by atoms with Crippen molar-refractivity contribution < 1.29 is 23.8 Å². The van der Waals surface area contributed by atoms with Crippen LogP contribution in [0.1, 0.15) is 23.2 Å². The number of carbonyl (C=O) groups excluding carboxylic acids is 2. The van der Waals surface area contributed by atoms with E-state index in [1.807, 2.05) is 13.8 Å². The van der Waals surface area contributed by atoms with Crippen LogP contribution in [0.4, 0.5) is 5.69 Å². The second-order valence-electron chi connectivity index (χ2n) is 7.69. The zero-order chi connectivity index (χ0) is 22.7. The van der Waals surface area contributed by atoms with Gasteiger partial charge in [0.2, 0.25) is 11.8 Å². The van der Waals surface area contributed by atoms with E-state index in [4.69, 9.17) is 14.2 Å². The number of nitrogens with zero attached hydrogens (tertiary/aromatic N) is 3. The van der Waals surface area contributed by atoms with Crippen LogP contribution in [-0.4, -0.2) is 56.6 Å². The van der Waals surface area contributed by atoms with Crippen LogP contribution in [0.3, 0.4) is 0 Å². The summed E-state index contributed by atoms with van der Waals surface area (Å²) in [7, 11) is 6.47. The minimum absolute atomic E-state index is 0.0860. The van der Waals surface area contributed by atoms with E-state index in [1.165, 1.54) is 0 Å². The fraction of sp³-hybridized carbons (Fsp3) is 0.435. The Kier molecular flexibility index (Phi) is 6.68. The highest BCUT2D eigenvalue weighted by Crippen LogP contribution is 2.34. The molecule has 2 heterocycles. The van der Waals surface area contributed by atoms with Crippen LogP contribution < -0.4 is 19.1 Å². The quantitative estimate of drug-likeness (QED) is 0.676. The summed E-state index contributed by atoms with van der Waals surface area (Å²) in [4.78, 5) is 33.4. The number of ether oxygens (including phenoxy) is 3. The van der Waals surface area contributed by atoms with Crippen molar-refractivity contribution in [3.05, 3.63) is 41.2 Å². The first-order valence-corrected chi connectivity index (χ1v) is 10.1. The molecule has 1 aromatic heterocycles. The molecule has 2 aromatic rings. The third kappa shape index (κ3) is 4.42. The van der Waals surface area contributed by atoms with Crippen LogP contribution in [0.5, 0.6) is 17.2 Å². The molecule has 1 saturated heterocycles.